The van der Waals surface area contributed by atoms with Gasteiger partial charge in [-0.25, -0.2) is 4.79 Å². The Hall–Kier alpha value is -3.13. The van der Waals surface area contributed by atoms with Crippen molar-refractivity contribution >= 4 is 34.3 Å². The second kappa shape index (κ2) is 8.48. The van der Waals surface area contributed by atoms with Crippen LogP contribution in [0.5, 0.6) is 11.5 Å². The molecule has 0 saturated carbocycles. The maximum absolute atomic E-state index is 12.2. The van der Waals surface area contributed by atoms with Gasteiger partial charge < -0.3 is 25.0 Å². The number of carbonyl (C=O) groups excluding carboxylic acids is 1. The Balaban J connectivity index is 1.33. The van der Waals surface area contributed by atoms with E-state index in [-0.39, 0.29) is 6.03 Å². The lowest BCUT2D eigenvalue weighted by Gasteiger charge is -2.17. The van der Waals surface area contributed by atoms with Gasteiger partial charge in [0.2, 0.25) is 0 Å². The first-order chi connectivity index (χ1) is 14.2. The molecular weight excluding hydrogens is 388 g/mol. The van der Waals surface area contributed by atoms with Gasteiger partial charge in [0.1, 0.15) is 0 Å². The summed E-state index contributed by atoms with van der Waals surface area (Å²) in [6.45, 7) is 2.15. The lowest BCUT2D eigenvalue weighted by Crippen LogP contribution is -2.28. The molecule has 29 heavy (non-hydrogen) atoms. The van der Waals surface area contributed by atoms with Gasteiger partial charge in [-0.15, -0.1) is 0 Å². The number of thioether (sulfide) groups is 1. The molecule has 4 rings (SSSR count). The summed E-state index contributed by atoms with van der Waals surface area (Å²) >= 11 is 1.66. The van der Waals surface area contributed by atoms with Crippen molar-refractivity contribution in [2.75, 3.05) is 32.6 Å². The molecule has 2 aliphatic rings. The van der Waals surface area contributed by atoms with Gasteiger partial charge in [-0.2, -0.15) is 0 Å². The van der Waals surface area contributed by atoms with Crippen molar-refractivity contribution in [2.45, 2.75) is 6.54 Å². The van der Waals surface area contributed by atoms with Gasteiger partial charge in [0.15, 0.2) is 16.7 Å². The van der Waals surface area contributed by atoms with Gasteiger partial charge in [-0.1, -0.05) is 30.0 Å². The fourth-order valence-corrected chi connectivity index (χ4v) is 4.18. The fourth-order valence-electron chi connectivity index (χ4n) is 3.22. The second-order valence-corrected chi connectivity index (χ2v) is 7.35. The average Bonchev–Trinajstić information content (AvgIpc) is 3.37. The number of hydrogen-bond acceptors (Lipinski definition) is 6. The van der Waals surface area contributed by atoms with E-state index in [9.17, 15) is 4.79 Å². The van der Waals surface area contributed by atoms with E-state index in [0.29, 0.717) is 18.0 Å². The zero-order valence-corrected chi connectivity index (χ0v) is 17.1. The molecule has 7 nitrogen and oxygen atoms in total. The number of aliphatic imine (C=N–C) groups is 1. The Morgan fingerprint density at radius 1 is 1.14 bits per heavy atom. The molecule has 0 aliphatic carbocycles. The molecule has 0 spiro atoms. The number of fused-ring (bicyclic) bond motifs is 1. The van der Waals surface area contributed by atoms with Gasteiger partial charge in [-0.05, 0) is 35.4 Å². The van der Waals surface area contributed by atoms with E-state index < -0.39 is 0 Å². The molecule has 2 aromatic carbocycles. The number of ether oxygens (including phenoxy) is 2. The zero-order valence-electron chi connectivity index (χ0n) is 16.3. The van der Waals surface area contributed by atoms with Crippen LogP contribution in [0.4, 0.5) is 10.5 Å². The van der Waals surface area contributed by atoms with Crippen LogP contribution >= 0.6 is 11.8 Å². The number of nitrogens with zero attached hydrogens (tertiary/aromatic N) is 2. The third kappa shape index (κ3) is 4.17. The van der Waals surface area contributed by atoms with Crippen LogP contribution in [-0.4, -0.2) is 43.4 Å². The van der Waals surface area contributed by atoms with E-state index >= 15 is 0 Å². The van der Waals surface area contributed by atoms with Crippen molar-refractivity contribution in [2.24, 2.45) is 4.99 Å². The van der Waals surface area contributed by atoms with Gasteiger partial charge >= 0.3 is 6.03 Å². The maximum atomic E-state index is 12.2. The van der Waals surface area contributed by atoms with E-state index in [2.05, 4.69) is 25.9 Å². The summed E-state index contributed by atoms with van der Waals surface area (Å²) < 4.78 is 10.5. The minimum atomic E-state index is -0.267. The summed E-state index contributed by atoms with van der Waals surface area (Å²) in [6.07, 6.45) is 0. The molecule has 150 valence electrons. The molecule has 0 saturated heterocycles. The van der Waals surface area contributed by atoms with E-state index in [0.717, 1.165) is 40.8 Å². The number of carbonyl (C=O) groups is 1. The number of methoxy groups -OCH3 is 2. The molecule has 2 amide bonds. The predicted molar refractivity (Wildman–Crippen MR) is 116 cm³/mol. The van der Waals surface area contributed by atoms with Crippen molar-refractivity contribution in [3.8, 4) is 11.5 Å². The molecule has 2 aliphatic heterocycles. The normalized spacial score (nSPS) is 14.8. The highest BCUT2D eigenvalue weighted by molar-refractivity contribution is 8.16. The van der Waals surface area contributed by atoms with Gasteiger partial charge in [0.05, 0.1) is 26.5 Å². The standard InChI is InChI=1S/C21H22N4O3S/c1-27-18-8-3-14(11-19(18)28-2)12-23-20(26)24-16-6-4-15(5-7-16)17-13-29-21-22-9-10-25(17)21/h3-8,11,13H,9-10,12H2,1-2H3,(H2,23,24,26). The molecule has 0 unspecified atom stereocenters. The Morgan fingerprint density at radius 2 is 1.93 bits per heavy atom. The van der Waals surface area contributed by atoms with E-state index in [1.54, 1.807) is 26.0 Å². The second-order valence-electron chi connectivity index (χ2n) is 6.51. The summed E-state index contributed by atoms with van der Waals surface area (Å²) in [7, 11) is 3.18. The lowest BCUT2D eigenvalue weighted by atomic mass is 10.1. The van der Waals surface area contributed by atoms with E-state index in [1.807, 2.05) is 42.5 Å². The minimum absolute atomic E-state index is 0.267. The molecule has 0 aromatic heterocycles. The Morgan fingerprint density at radius 3 is 2.69 bits per heavy atom. The smallest absolute Gasteiger partial charge is 0.319 e. The highest BCUT2D eigenvalue weighted by Crippen LogP contribution is 2.35. The summed E-state index contributed by atoms with van der Waals surface area (Å²) in [5.74, 6) is 1.29. The third-order valence-corrected chi connectivity index (χ3v) is 5.61. The Kier molecular flexibility index (Phi) is 5.62. The molecule has 0 bridgehead atoms. The first kappa shape index (κ1) is 19.2. The van der Waals surface area contributed by atoms with Crippen LogP contribution in [0.2, 0.25) is 0 Å². The molecule has 2 heterocycles. The number of nitrogens with one attached hydrogen (secondary N) is 2. The van der Waals surface area contributed by atoms with E-state index in [4.69, 9.17) is 9.47 Å². The minimum Gasteiger partial charge on any atom is -0.493 e. The summed E-state index contributed by atoms with van der Waals surface area (Å²) in [6, 6.07) is 13.1. The fraction of sp³-hybridized carbons (Fsp3) is 0.238. The largest absolute Gasteiger partial charge is 0.493 e. The van der Waals surface area contributed by atoms with Crippen LogP contribution in [0, 0.1) is 0 Å². The van der Waals surface area contributed by atoms with Gasteiger partial charge in [0.25, 0.3) is 0 Å². The number of amidine groups is 1. The molecule has 0 fully saturated rings. The van der Waals surface area contributed by atoms with Crippen LogP contribution in [0.3, 0.4) is 0 Å². The van der Waals surface area contributed by atoms with Crippen molar-refractivity contribution in [3.63, 3.8) is 0 Å². The maximum Gasteiger partial charge on any atom is 0.319 e. The van der Waals surface area contributed by atoms with Crippen LogP contribution in [0.1, 0.15) is 11.1 Å². The highest BCUT2D eigenvalue weighted by Gasteiger charge is 2.26. The summed E-state index contributed by atoms with van der Waals surface area (Å²) in [5.41, 5.74) is 3.93. The summed E-state index contributed by atoms with van der Waals surface area (Å²) in [5, 5.41) is 8.90. The predicted octanol–water partition coefficient (Wildman–Crippen LogP) is 3.74. The number of benzene rings is 2. The molecule has 2 N–H and O–H groups in total. The molecular formula is C21H22N4O3S. The van der Waals surface area contributed by atoms with E-state index in [1.165, 1.54) is 0 Å². The summed E-state index contributed by atoms with van der Waals surface area (Å²) in [4.78, 5) is 18.9. The quantitative estimate of drug-likeness (QED) is 0.759. The zero-order chi connectivity index (χ0) is 20.2. The lowest BCUT2D eigenvalue weighted by molar-refractivity contribution is 0.251. The van der Waals surface area contributed by atoms with Crippen LogP contribution in [0.15, 0.2) is 52.9 Å². The van der Waals surface area contributed by atoms with Crippen molar-refractivity contribution in [1.29, 1.82) is 0 Å². The van der Waals surface area contributed by atoms with Crippen molar-refractivity contribution < 1.29 is 14.3 Å². The Bertz CT molecular complexity index is 972. The Labute approximate surface area is 173 Å². The topological polar surface area (TPSA) is 75.2 Å². The molecule has 8 heteroatoms. The number of rotatable bonds is 6. The van der Waals surface area contributed by atoms with Crippen molar-refractivity contribution in [1.82, 2.24) is 10.2 Å². The number of urea groups is 1. The molecule has 0 atom stereocenters. The van der Waals surface area contributed by atoms with Crippen LogP contribution in [0.25, 0.3) is 5.70 Å². The number of hydrogen-bond donors (Lipinski definition) is 2. The van der Waals surface area contributed by atoms with Gasteiger partial charge in [0, 0.05) is 24.2 Å². The SMILES string of the molecule is COc1ccc(CNC(=O)Nc2ccc(C3=CSC4=NCCN34)cc2)cc1OC. The molecule has 2 aromatic rings. The first-order valence-corrected chi connectivity index (χ1v) is 10.1. The highest BCUT2D eigenvalue weighted by atomic mass is 32.2. The third-order valence-electron chi connectivity index (χ3n) is 4.71. The van der Waals surface area contributed by atoms with Crippen molar-refractivity contribution in [3.05, 3.63) is 59.0 Å². The van der Waals surface area contributed by atoms with Crippen LogP contribution in [-0.2, 0) is 6.54 Å². The van der Waals surface area contributed by atoms with Crippen LogP contribution < -0.4 is 20.1 Å². The monoisotopic (exact) mass is 410 g/mol. The van der Waals surface area contributed by atoms with Gasteiger partial charge in [-0.3, -0.25) is 4.99 Å². The number of amides is 2. The average molecular weight is 410 g/mol. The first-order valence-electron chi connectivity index (χ1n) is 9.23. The number of anilines is 1. The molecule has 0 radical (unpaired) electrons.